The van der Waals surface area contributed by atoms with Crippen LogP contribution in [0.25, 0.3) is 0 Å². The monoisotopic (exact) mass is 335 g/mol. The number of rotatable bonds is 2. The fourth-order valence-electron chi connectivity index (χ4n) is 2.12. The highest BCUT2D eigenvalue weighted by Crippen LogP contribution is 2.33. The lowest BCUT2D eigenvalue weighted by molar-refractivity contribution is -0.0399. The molecule has 0 spiro atoms. The molecule has 1 aromatic rings. The van der Waals surface area contributed by atoms with Crippen LogP contribution in [0, 0.1) is 5.82 Å². The maximum absolute atomic E-state index is 13.1. The van der Waals surface area contributed by atoms with Gasteiger partial charge in [-0.25, -0.2) is 13.2 Å². The Hall–Kier alpha value is -1.04. The summed E-state index contributed by atoms with van der Waals surface area (Å²) in [7, 11) is 0. The number of halogens is 4. The summed E-state index contributed by atoms with van der Waals surface area (Å²) in [6.45, 7) is 0. The number of hydrogen-bond acceptors (Lipinski definition) is 1. The van der Waals surface area contributed by atoms with Gasteiger partial charge in [0.25, 0.3) is 5.91 Å². The Labute approximate surface area is 117 Å². The number of alkyl halides is 2. The van der Waals surface area contributed by atoms with Crippen molar-refractivity contribution >= 4 is 21.8 Å². The van der Waals surface area contributed by atoms with Crippen molar-refractivity contribution in [1.82, 2.24) is 5.32 Å². The third-order valence-corrected chi connectivity index (χ3v) is 3.92. The first-order valence-corrected chi connectivity index (χ1v) is 6.80. The topological polar surface area (TPSA) is 29.1 Å². The zero-order chi connectivity index (χ0) is 14.0. The molecule has 1 aliphatic carbocycles. The largest absolute Gasteiger partial charge is 0.349 e. The Morgan fingerprint density at radius 2 is 1.95 bits per heavy atom. The maximum Gasteiger partial charge on any atom is 0.252 e. The summed E-state index contributed by atoms with van der Waals surface area (Å²) in [6, 6.07) is 3.53. The van der Waals surface area contributed by atoms with Gasteiger partial charge in [0.2, 0.25) is 5.92 Å². The molecule has 1 saturated carbocycles. The van der Waals surface area contributed by atoms with Crippen molar-refractivity contribution in [2.45, 2.75) is 37.6 Å². The molecule has 0 unspecified atom stereocenters. The SMILES string of the molecule is O=C(NC1CCC(F)(F)CC1)c1cc(F)ccc1Br. The molecule has 1 N–H and O–H groups in total. The van der Waals surface area contributed by atoms with E-state index in [0.717, 1.165) is 6.07 Å². The zero-order valence-electron chi connectivity index (χ0n) is 10.1. The number of amides is 1. The van der Waals surface area contributed by atoms with Gasteiger partial charge in [-0.05, 0) is 47.0 Å². The number of carbonyl (C=O) groups excluding carboxylic acids is 1. The van der Waals surface area contributed by atoms with Crippen LogP contribution in [0.1, 0.15) is 36.0 Å². The second kappa shape index (κ2) is 5.53. The first-order chi connectivity index (χ1) is 8.87. The fourth-order valence-corrected chi connectivity index (χ4v) is 2.55. The molecule has 0 aromatic heterocycles. The van der Waals surface area contributed by atoms with Crippen molar-refractivity contribution < 1.29 is 18.0 Å². The van der Waals surface area contributed by atoms with Crippen molar-refractivity contribution in [2.75, 3.05) is 0 Å². The zero-order valence-corrected chi connectivity index (χ0v) is 11.6. The third-order valence-electron chi connectivity index (χ3n) is 3.23. The predicted molar refractivity (Wildman–Crippen MR) is 68.8 cm³/mol. The van der Waals surface area contributed by atoms with Gasteiger partial charge in [-0.3, -0.25) is 4.79 Å². The molecule has 104 valence electrons. The predicted octanol–water partition coefficient (Wildman–Crippen LogP) is 3.90. The Bertz CT molecular complexity index is 483. The smallest absolute Gasteiger partial charge is 0.252 e. The van der Waals surface area contributed by atoms with Gasteiger partial charge in [-0.1, -0.05) is 0 Å². The van der Waals surface area contributed by atoms with E-state index in [0.29, 0.717) is 4.47 Å². The van der Waals surface area contributed by atoms with Crippen molar-refractivity contribution in [2.24, 2.45) is 0 Å². The Morgan fingerprint density at radius 1 is 1.32 bits per heavy atom. The second-order valence-corrected chi connectivity index (χ2v) is 5.58. The highest BCUT2D eigenvalue weighted by molar-refractivity contribution is 9.10. The molecule has 0 radical (unpaired) electrons. The van der Waals surface area contributed by atoms with Crippen LogP contribution >= 0.6 is 15.9 Å². The molecule has 0 saturated heterocycles. The minimum atomic E-state index is -2.62. The van der Waals surface area contributed by atoms with Gasteiger partial charge in [0.05, 0.1) is 5.56 Å². The van der Waals surface area contributed by atoms with Gasteiger partial charge in [0, 0.05) is 23.4 Å². The van der Waals surface area contributed by atoms with Crippen LogP contribution in [0.2, 0.25) is 0 Å². The van der Waals surface area contributed by atoms with Gasteiger partial charge in [0.15, 0.2) is 0 Å². The lowest BCUT2D eigenvalue weighted by Crippen LogP contribution is -2.40. The van der Waals surface area contributed by atoms with E-state index in [1.807, 2.05) is 0 Å². The Morgan fingerprint density at radius 3 is 2.58 bits per heavy atom. The summed E-state index contributed by atoms with van der Waals surface area (Å²) >= 11 is 3.17. The van der Waals surface area contributed by atoms with E-state index < -0.39 is 17.6 Å². The molecule has 6 heteroatoms. The standard InChI is InChI=1S/C13H13BrF3NO/c14-11-2-1-8(15)7-10(11)12(19)18-9-3-5-13(16,17)6-4-9/h1-2,7,9H,3-6H2,(H,18,19). The van der Waals surface area contributed by atoms with E-state index in [1.54, 1.807) is 0 Å². The van der Waals surface area contributed by atoms with Crippen LogP contribution in [0.4, 0.5) is 13.2 Å². The molecule has 0 aliphatic heterocycles. The summed E-state index contributed by atoms with van der Waals surface area (Å²) in [5, 5.41) is 2.67. The molecule has 2 nitrogen and oxygen atoms in total. The van der Waals surface area contributed by atoms with E-state index in [-0.39, 0.29) is 37.3 Å². The molecular formula is C13H13BrF3NO. The van der Waals surface area contributed by atoms with Crippen molar-refractivity contribution in [1.29, 1.82) is 0 Å². The number of carbonyl (C=O) groups is 1. The van der Waals surface area contributed by atoms with Crippen molar-refractivity contribution in [3.63, 3.8) is 0 Å². The van der Waals surface area contributed by atoms with Crippen molar-refractivity contribution in [3.05, 3.63) is 34.1 Å². The van der Waals surface area contributed by atoms with Crippen molar-refractivity contribution in [3.8, 4) is 0 Å². The minimum absolute atomic E-state index is 0.178. The minimum Gasteiger partial charge on any atom is -0.349 e. The second-order valence-electron chi connectivity index (χ2n) is 4.73. The van der Waals surface area contributed by atoms with Gasteiger partial charge in [-0.15, -0.1) is 0 Å². The average Bonchev–Trinajstić information content (AvgIpc) is 2.35. The average molecular weight is 336 g/mol. The molecule has 2 rings (SSSR count). The first-order valence-electron chi connectivity index (χ1n) is 6.01. The van der Waals surface area contributed by atoms with Crippen LogP contribution in [0.15, 0.2) is 22.7 Å². The highest BCUT2D eigenvalue weighted by Gasteiger charge is 2.35. The van der Waals surface area contributed by atoms with Gasteiger partial charge < -0.3 is 5.32 Å². The van der Waals surface area contributed by atoms with E-state index in [1.165, 1.54) is 12.1 Å². The summed E-state index contributed by atoms with van der Waals surface area (Å²) in [4.78, 5) is 12.0. The summed E-state index contributed by atoms with van der Waals surface area (Å²) in [5.41, 5.74) is 0.178. The molecular weight excluding hydrogens is 323 g/mol. The van der Waals surface area contributed by atoms with Crippen LogP contribution in [-0.4, -0.2) is 17.9 Å². The molecule has 19 heavy (non-hydrogen) atoms. The van der Waals surface area contributed by atoms with E-state index in [4.69, 9.17) is 0 Å². The normalized spacial score (nSPS) is 19.2. The molecule has 0 atom stereocenters. The fraction of sp³-hybridized carbons (Fsp3) is 0.462. The van der Waals surface area contributed by atoms with Crippen LogP contribution in [0.3, 0.4) is 0 Å². The lowest BCUT2D eigenvalue weighted by Gasteiger charge is -2.28. The summed E-state index contributed by atoms with van der Waals surface area (Å²) in [6.07, 6.45) is 0.0435. The van der Waals surface area contributed by atoms with Gasteiger partial charge in [-0.2, -0.15) is 0 Å². The molecule has 1 fully saturated rings. The Kier molecular flexibility index (Phi) is 4.18. The third kappa shape index (κ3) is 3.72. The molecule has 0 bridgehead atoms. The van der Waals surface area contributed by atoms with E-state index in [9.17, 15) is 18.0 Å². The van der Waals surface area contributed by atoms with Gasteiger partial charge >= 0.3 is 0 Å². The number of benzene rings is 1. The molecule has 1 amide bonds. The number of nitrogens with one attached hydrogen (secondary N) is 1. The quantitative estimate of drug-likeness (QED) is 0.872. The number of hydrogen-bond donors (Lipinski definition) is 1. The van der Waals surface area contributed by atoms with Crippen LogP contribution in [0.5, 0.6) is 0 Å². The summed E-state index contributed by atoms with van der Waals surface area (Å²) < 4.78 is 39.5. The lowest BCUT2D eigenvalue weighted by atomic mass is 9.92. The Balaban J connectivity index is 2.00. The van der Waals surface area contributed by atoms with Gasteiger partial charge in [0.1, 0.15) is 5.82 Å². The van der Waals surface area contributed by atoms with Crippen LogP contribution < -0.4 is 5.32 Å². The van der Waals surface area contributed by atoms with Crippen LogP contribution in [-0.2, 0) is 0 Å². The first kappa shape index (κ1) is 14.4. The molecule has 1 aliphatic rings. The van der Waals surface area contributed by atoms with E-state index in [2.05, 4.69) is 21.2 Å². The molecule has 1 aromatic carbocycles. The highest BCUT2D eigenvalue weighted by atomic mass is 79.9. The maximum atomic E-state index is 13.1. The summed E-state index contributed by atoms with van der Waals surface area (Å²) in [5.74, 6) is -3.58. The molecule has 0 heterocycles. The van der Waals surface area contributed by atoms with E-state index >= 15 is 0 Å².